The molecule has 0 aliphatic carbocycles. The summed E-state index contributed by atoms with van der Waals surface area (Å²) in [5.41, 5.74) is 0. The fourth-order valence-corrected chi connectivity index (χ4v) is 6.54. The van der Waals surface area contributed by atoms with Gasteiger partial charge in [0.25, 0.3) is 0 Å². The quantitative estimate of drug-likeness (QED) is 0.897. The minimum atomic E-state index is -3.06. The predicted molar refractivity (Wildman–Crippen MR) is 95.2 cm³/mol. The molecular formula is C17H27NO2S2. The topological polar surface area (TPSA) is 46.2 Å². The van der Waals surface area contributed by atoms with Gasteiger partial charge in [-0.2, -0.15) is 11.8 Å². The van der Waals surface area contributed by atoms with E-state index in [1.165, 1.54) is 19.5 Å². The predicted octanol–water partition coefficient (Wildman–Crippen LogP) is 3.22. The third-order valence-electron chi connectivity index (χ3n) is 4.19. The van der Waals surface area contributed by atoms with Crippen LogP contribution in [0, 0.1) is 11.8 Å². The lowest BCUT2D eigenvalue weighted by molar-refractivity contribution is 0.321. The lowest BCUT2D eigenvalue weighted by atomic mass is 9.94. The summed E-state index contributed by atoms with van der Waals surface area (Å²) in [6.07, 6.45) is 2.20. The van der Waals surface area contributed by atoms with E-state index < -0.39 is 9.84 Å². The Morgan fingerprint density at radius 1 is 1.09 bits per heavy atom. The van der Waals surface area contributed by atoms with Crippen molar-refractivity contribution in [1.82, 2.24) is 5.32 Å². The number of rotatable bonds is 2. The molecule has 2 aliphatic rings. The highest BCUT2D eigenvalue weighted by atomic mass is 32.2. The van der Waals surface area contributed by atoms with Crippen molar-refractivity contribution in [3.63, 3.8) is 0 Å². The van der Waals surface area contributed by atoms with Crippen molar-refractivity contribution in [3.8, 4) is 0 Å². The number of sulfone groups is 1. The van der Waals surface area contributed by atoms with E-state index in [1.54, 1.807) is 36.0 Å². The van der Waals surface area contributed by atoms with Gasteiger partial charge in [0.15, 0.2) is 9.84 Å². The summed E-state index contributed by atoms with van der Waals surface area (Å²) in [5, 5.41) is 3.21. The van der Waals surface area contributed by atoms with E-state index in [0.29, 0.717) is 4.90 Å². The third kappa shape index (κ3) is 5.00. The first-order valence-electron chi connectivity index (χ1n) is 8.07. The molecule has 1 aromatic rings. The fourth-order valence-electron chi connectivity index (χ4n) is 2.99. The summed E-state index contributed by atoms with van der Waals surface area (Å²) >= 11 is 1.72. The highest BCUT2D eigenvalue weighted by Gasteiger charge is 2.30. The van der Waals surface area contributed by atoms with Crippen LogP contribution in [0.1, 0.15) is 26.7 Å². The molecule has 2 unspecified atom stereocenters. The second-order valence-electron chi connectivity index (χ2n) is 6.45. The summed E-state index contributed by atoms with van der Waals surface area (Å²) in [6, 6.07) is 8.74. The van der Waals surface area contributed by atoms with Gasteiger partial charge in [0.05, 0.1) is 10.1 Å². The molecule has 2 saturated heterocycles. The molecule has 0 bridgehead atoms. The van der Waals surface area contributed by atoms with Crippen LogP contribution in [0.5, 0.6) is 0 Å². The average molecular weight is 342 g/mol. The minimum absolute atomic E-state index is 0.171. The van der Waals surface area contributed by atoms with Crippen LogP contribution < -0.4 is 5.32 Å². The third-order valence-corrected chi connectivity index (χ3v) is 7.77. The Balaban J connectivity index is 0.000000188. The molecular weight excluding hydrogens is 314 g/mol. The number of hydrogen-bond acceptors (Lipinski definition) is 4. The van der Waals surface area contributed by atoms with Crippen LogP contribution in [-0.2, 0) is 9.84 Å². The summed E-state index contributed by atoms with van der Waals surface area (Å²) in [7, 11) is -3.06. The highest BCUT2D eigenvalue weighted by Crippen LogP contribution is 2.27. The van der Waals surface area contributed by atoms with Crippen LogP contribution in [0.2, 0.25) is 0 Å². The lowest BCUT2D eigenvalue weighted by Crippen LogP contribution is -2.33. The first kappa shape index (κ1) is 17.8. The van der Waals surface area contributed by atoms with Gasteiger partial charge < -0.3 is 5.32 Å². The first-order chi connectivity index (χ1) is 10.5. The van der Waals surface area contributed by atoms with E-state index in [1.807, 2.05) is 6.07 Å². The Hall–Kier alpha value is -0.520. The molecule has 1 aromatic carbocycles. The van der Waals surface area contributed by atoms with E-state index >= 15 is 0 Å². The van der Waals surface area contributed by atoms with Crippen molar-refractivity contribution in [1.29, 1.82) is 0 Å². The summed E-state index contributed by atoms with van der Waals surface area (Å²) in [6.45, 7) is 7.07. The van der Waals surface area contributed by atoms with Crippen LogP contribution in [0.4, 0.5) is 0 Å². The van der Waals surface area contributed by atoms with Gasteiger partial charge in [0.2, 0.25) is 0 Å². The van der Waals surface area contributed by atoms with Crippen LogP contribution >= 0.6 is 11.8 Å². The van der Waals surface area contributed by atoms with Crippen LogP contribution in [0.3, 0.4) is 0 Å². The summed E-state index contributed by atoms with van der Waals surface area (Å²) in [4.78, 5) is 0.465. The molecule has 0 spiro atoms. The van der Waals surface area contributed by atoms with Gasteiger partial charge in [-0.3, -0.25) is 0 Å². The number of benzene rings is 1. The van der Waals surface area contributed by atoms with Gasteiger partial charge >= 0.3 is 0 Å². The number of hydrogen-bond donors (Lipinski definition) is 1. The minimum Gasteiger partial charge on any atom is -0.316 e. The molecule has 3 rings (SSSR count). The summed E-state index contributed by atoms with van der Waals surface area (Å²) < 4.78 is 24.0. The monoisotopic (exact) mass is 341 g/mol. The highest BCUT2D eigenvalue weighted by molar-refractivity contribution is 8.01. The van der Waals surface area contributed by atoms with Crippen molar-refractivity contribution < 1.29 is 8.42 Å². The second-order valence-corrected chi connectivity index (χ2v) is 9.83. The van der Waals surface area contributed by atoms with Gasteiger partial charge in [-0.1, -0.05) is 32.0 Å². The fraction of sp³-hybridized carbons (Fsp3) is 0.647. The molecule has 3 atom stereocenters. The van der Waals surface area contributed by atoms with E-state index in [9.17, 15) is 8.42 Å². The van der Waals surface area contributed by atoms with E-state index in [4.69, 9.17) is 0 Å². The molecule has 22 heavy (non-hydrogen) atoms. The van der Waals surface area contributed by atoms with Crippen molar-refractivity contribution in [3.05, 3.63) is 30.3 Å². The number of piperidine rings is 1. The SMILES string of the molecule is CC1CNCC(C)C1.O=S(=O)(c1ccccc1)[C@@H]1CCSC1. The van der Waals surface area contributed by atoms with Crippen LogP contribution in [0.25, 0.3) is 0 Å². The Morgan fingerprint density at radius 3 is 2.18 bits per heavy atom. The van der Waals surface area contributed by atoms with Crippen molar-refractivity contribution in [2.45, 2.75) is 36.8 Å². The molecule has 5 heteroatoms. The molecule has 0 saturated carbocycles. The van der Waals surface area contributed by atoms with Crippen molar-refractivity contribution in [2.24, 2.45) is 11.8 Å². The van der Waals surface area contributed by atoms with E-state index in [-0.39, 0.29) is 5.25 Å². The second kappa shape index (κ2) is 8.37. The number of thioether (sulfide) groups is 1. The van der Waals surface area contributed by atoms with E-state index in [2.05, 4.69) is 19.2 Å². The maximum Gasteiger partial charge on any atom is 0.182 e. The molecule has 0 amide bonds. The summed E-state index contributed by atoms with van der Waals surface area (Å²) in [5.74, 6) is 3.52. The van der Waals surface area contributed by atoms with Crippen LogP contribution in [-0.4, -0.2) is 38.3 Å². The molecule has 2 fully saturated rings. The standard InChI is InChI=1S/C10H12O2S2.C7H15N/c11-14(12,10-6-7-13-8-10)9-4-2-1-3-5-9;1-6-3-7(2)5-8-4-6/h1-5,10H,6-8H2;6-8H,3-5H2,1-2H3/t10-;/m1./s1. The Morgan fingerprint density at radius 2 is 1.73 bits per heavy atom. The van der Waals surface area contributed by atoms with Crippen molar-refractivity contribution in [2.75, 3.05) is 24.6 Å². The smallest absolute Gasteiger partial charge is 0.182 e. The normalized spacial score (nSPS) is 28.7. The van der Waals surface area contributed by atoms with Crippen LogP contribution in [0.15, 0.2) is 35.2 Å². The molecule has 2 heterocycles. The zero-order valence-electron chi connectivity index (χ0n) is 13.5. The maximum absolute atomic E-state index is 12.0. The van der Waals surface area contributed by atoms with Gasteiger partial charge in [-0.05, 0) is 55.7 Å². The van der Waals surface area contributed by atoms with Gasteiger partial charge in [0.1, 0.15) is 0 Å². The van der Waals surface area contributed by atoms with E-state index in [0.717, 1.165) is 29.8 Å². The average Bonchev–Trinajstić information content (AvgIpc) is 3.03. The molecule has 2 aliphatic heterocycles. The molecule has 3 nitrogen and oxygen atoms in total. The van der Waals surface area contributed by atoms with Gasteiger partial charge in [-0.25, -0.2) is 8.42 Å². The largest absolute Gasteiger partial charge is 0.316 e. The zero-order chi connectivity index (χ0) is 16.0. The maximum atomic E-state index is 12.0. The zero-order valence-corrected chi connectivity index (χ0v) is 15.1. The Labute approximate surface area is 139 Å². The lowest BCUT2D eigenvalue weighted by Gasteiger charge is -2.24. The van der Waals surface area contributed by atoms with Gasteiger partial charge in [-0.15, -0.1) is 0 Å². The number of nitrogens with one attached hydrogen (secondary N) is 1. The first-order valence-corrected chi connectivity index (χ1v) is 10.8. The molecule has 124 valence electrons. The Bertz CT molecular complexity index is 531. The van der Waals surface area contributed by atoms with Crippen molar-refractivity contribution >= 4 is 21.6 Å². The molecule has 0 radical (unpaired) electrons. The molecule has 0 aromatic heterocycles. The molecule has 1 N–H and O–H groups in total. The van der Waals surface area contributed by atoms with Gasteiger partial charge in [0, 0.05) is 5.75 Å². The Kier molecular flexibility index (Phi) is 6.78.